The van der Waals surface area contributed by atoms with Gasteiger partial charge in [-0.25, -0.2) is 9.50 Å². The third-order valence-corrected chi connectivity index (χ3v) is 6.59. The number of rotatable bonds is 5. The number of benzene rings is 2. The van der Waals surface area contributed by atoms with Crippen LogP contribution in [0.3, 0.4) is 0 Å². The summed E-state index contributed by atoms with van der Waals surface area (Å²) in [7, 11) is 1.64. The Morgan fingerprint density at radius 2 is 1.87 bits per heavy atom. The molecule has 0 radical (unpaired) electrons. The van der Waals surface area contributed by atoms with Gasteiger partial charge in [0, 0.05) is 23.4 Å². The normalized spacial score (nSPS) is 15.8. The first-order valence-electron chi connectivity index (χ1n) is 9.90. The molecule has 1 unspecified atom stereocenters. The van der Waals surface area contributed by atoms with Crippen molar-refractivity contribution in [2.24, 2.45) is 0 Å². The molecule has 31 heavy (non-hydrogen) atoms. The highest BCUT2D eigenvalue weighted by molar-refractivity contribution is 7.98. The highest BCUT2D eigenvalue weighted by Gasteiger charge is 2.28. The van der Waals surface area contributed by atoms with Gasteiger partial charge < -0.3 is 4.74 Å². The number of carbonyl (C=O) groups excluding carboxylic acids is 1. The Labute approximate surface area is 188 Å². The fourth-order valence-corrected chi connectivity index (χ4v) is 4.67. The fraction of sp³-hybridized carbons (Fsp3) is 0.217. The maximum atomic E-state index is 12.8. The number of methoxy groups -OCH3 is 1. The molecule has 5 rings (SSSR count). The number of nitrogens with zero attached hydrogens (tertiary/aromatic N) is 4. The van der Waals surface area contributed by atoms with Crippen molar-refractivity contribution in [2.45, 2.75) is 29.7 Å². The minimum atomic E-state index is 0.0855. The molecule has 0 N–H and O–H groups in total. The van der Waals surface area contributed by atoms with E-state index in [0.717, 1.165) is 28.3 Å². The van der Waals surface area contributed by atoms with Crippen LogP contribution in [0.4, 0.5) is 0 Å². The molecule has 0 aliphatic heterocycles. The van der Waals surface area contributed by atoms with Crippen LogP contribution in [0.15, 0.2) is 59.9 Å². The molecule has 1 aliphatic carbocycles. The van der Waals surface area contributed by atoms with Crippen molar-refractivity contribution in [1.29, 1.82) is 0 Å². The predicted molar refractivity (Wildman–Crippen MR) is 120 cm³/mol. The molecule has 4 aromatic rings. The summed E-state index contributed by atoms with van der Waals surface area (Å²) in [5.41, 5.74) is 3.67. The van der Waals surface area contributed by atoms with Crippen molar-refractivity contribution in [3.05, 3.63) is 82.1 Å². The van der Waals surface area contributed by atoms with Gasteiger partial charge in [-0.15, -0.1) is 5.10 Å². The van der Waals surface area contributed by atoms with E-state index in [1.165, 1.54) is 11.8 Å². The van der Waals surface area contributed by atoms with Gasteiger partial charge in [0.05, 0.1) is 18.4 Å². The quantitative estimate of drug-likeness (QED) is 0.399. The number of Topliss-reactive ketones (excluding diaryl/α,β-unsaturated/α-hetero) is 1. The van der Waals surface area contributed by atoms with Crippen molar-refractivity contribution >= 4 is 34.9 Å². The highest BCUT2D eigenvalue weighted by Crippen LogP contribution is 2.33. The summed E-state index contributed by atoms with van der Waals surface area (Å²) in [5, 5.41) is 5.84. The van der Waals surface area contributed by atoms with Gasteiger partial charge in [0.1, 0.15) is 5.75 Å². The second-order valence-electron chi connectivity index (χ2n) is 7.46. The van der Waals surface area contributed by atoms with E-state index in [1.807, 2.05) is 48.5 Å². The molecule has 0 amide bonds. The number of hydrogen-bond donors (Lipinski definition) is 0. The SMILES string of the molecule is COc1ccc(C2CC(=O)c3cn4nc(SCc5ccc(Cl)cc5)nc4nc3C2)cc1. The molecule has 0 saturated carbocycles. The van der Waals surface area contributed by atoms with Crippen LogP contribution in [-0.4, -0.2) is 32.5 Å². The summed E-state index contributed by atoms with van der Waals surface area (Å²) >= 11 is 7.47. The molecule has 0 saturated heterocycles. The standard InChI is InChI=1S/C23H19ClN4O2S/c1-30-18-8-4-15(5-9-18)16-10-20-19(21(29)11-16)12-28-22(25-20)26-23(27-28)31-13-14-2-6-17(24)7-3-14/h2-9,12,16H,10-11,13H2,1H3. The van der Waals surface area contributed by atoms with Crippen LogP contribution in [0, 0.1) is 0 Å². The first kappa shape index (κ1) is 20.0. The van der Waals surface area contributed by atoms with Crippen molar-refractivity contribution in [3.8, 4) is 5.75 Å². The van der Waals surface area contributed by atoms with Gasteiger partial charge >= 0.3 is 0 Å². The molecule has 1 aliphatic rings. The van der Waals surface area contributed by atoms with Crippen molar-refractivity contribution in [2.75, 3.05) is 7.11 Å². The number of fused-ring (bicyclic) bond motifs is 2. The smallest absolute Gasteiger partial charge is 0.253 e. The number of ketones is 1. The second kappa shape index (κ2) is 8.32. The molecule has 0 spiro atoms. The Morgan fingerprint density at radius 3 is 2.61 bits per heavy atom. The molecule has 2 aromatic heterocycles. The Balaban J connectivity index is 1.38. The molecular formula is C23H19ClN4O2S. The van der Waals surface area contributed by atoms with Gasteiger partial charge in [0.2, 0.25) is 5.16 Å². The zero-order valence-corrected chi connectivity index (χ0v) is 18.4. The maximum absolute atomic E-state index is 12.8. The van der Waals surface area contributed by atoms with Gasteiger partial charge in [-0.05, 0) is 47.7 Å². The fourth-order valence-electron chi connectivity index (χ4n) is 3.77. The molecule has 0 bridgehead atoms. The number of carbonyl (C=O) groups is 1. The molecular weight excluding hydrogens is 432 g/mol. The zero-order valence-electron chi connectivity index (χ0n) is 16.8. The highest BCUT2D eigenvalue weighted by atomic mass is 35.5. The molecule has 6 nitrogen and oxygen atoms in total. The monoisotopic (exact) mass is 450 g/mol. The van der Waals surface area contributed by atoms with Crippen molar-refractivity contribution in [1.82, 2.24) is 19.6 Å². The third-order valence-electron chi connectivity index (χ3n) is 5.43. The van der Waals surface area contributed by atoms with Crippen LogP contribution in [0.5, 0.6) is 5.75 Å². The summed E-state index contributed by atoms with van der Waals surface area (Å²) in [4.78, 5) is 22.1. The molecule has 2 aromatic carbocycles. The van der Waals surface area contributed by atoms with Gasteiger partial charge in [-0.2, -0.15) is 4.98 Å². The number of hydrogen-bond acceptors (Lipinski definition) is 6. The zero-order chi connectivity index (χ0) is 21.4. The minimum absolute atomic E-state index is 0.0855. The topological polar surface area (TPSA) is 69.4 Å². The van der Waals surface area contributed by atoms with E-state index >= 15 is 0 Å². The summed E-state index contributed by atoms with van der Waals surface area (Å²) in [6, 6.07) is 15.6. The summed E-state index contributed by atoms with van der Waals surface area (Å²) in [6.45, 7) is 0. The van der Waals surface area contributed by atoms with Crippen molar-refractivity contribution in [3.63, 3.8) is 0 Å². The number of thioether (sulfide) groups is 1. The lowest BCUT2D eigenvalue weighted by Crippen LogP contribution is -2.21. The van der Waals surface area contributed by atoms with Crippen LogP contribution in [-0.2, 0) is 12.2 Å². The van der Waals surface area contributed by atoms with E-state index < -0.39 is 0 Å². The van der Waals surface area contributed by atoms with E-state index in [1.54, 1.807) is 17.8 Å². The molecule has 0 fully saturated rings. The van der Waals surface area contributed by atoms with Crippen LogP contribution in [0.1, 0.15) is 39.5 Å². The summed E-state index contributed by atoms with van der Waals surface area (Å²) in [5.74, 6) is 2.23. The Hall–Kier alpha value is -2.90. The predicted octanol–water partition coefficient (Wildman–Crippen LogP) is 4.99. The molecule has 156 valence electrons. The Bertz CT molecular complexity index is 1260. The minimum Gasteiger partial charge on any atom is -0.497 e. The van der Waals surface area contributed by atoms with E-state index in [4.69, 9.17) is 16.3 Å². The van der Waals surface area contributed by atoms with Crippen LogP contribution in [0.25, 0.3) is 5.78 Å². The number of halogens is 1. The average Bonchev–Trinajstić information content (AvgIpc) is 3.19. The van der Waals surface area contributed by atoms with Gasteiger partial charge in [-0.1, -0.05) is 47.6 Å². The van der Waals surface area contributed by atoms with E-state index in [-0.39, 0.29) is 11.7 Å². The van der Waals surface area contributed by atoms with Crippen LogP contribution in [0.2, 0.25) is 5.02 Å². The van der Waals surface area contributed by atoms with Crippen LogP contribution < -0.4 is 4.74 Å². The van der Waals surface area contributed by atoms with Crippen LogP contribution >= 0.6 is 23.4 Å². The van der Waals surface area contributed by atoms with E-state index in [2.05, 4.69) is 15.1 Å². The molecule has 2 heterocycles. The third kappa shape index (κ3) is 4.16. The number of ether oxygens (including phenoxy) is 1. The summed E-state index contributed by atoms with van der Waals surface area (Å²) < 4.78 is 6.84. The second-order valence-corrected chi connectivity index (χ2v) is 8.84. The first-order valence-corrected chi connectivity index (χ1v) is 11.3. The maximum Gasteiger partial charge on any atom is 0.253 e. The van der Waals surface area contributed by atoms with E-state index in [0.29, 0.717) is 34.4 Å². The average molecular weight is 451 g/mol. The lowest BCUT2D eigenvalue weighted by atomic mass is 9.82. The van der Waals surface area contributed by atoms with Gasteiger partial charge in [0.25, 0.3) is 5.78 Å². The first-order chi connectivity index (χ1) is 15.1. The summed E-state index contributed by atoms with van der Waals surface area (Å²) in [6.07, 6.45) is 2.92. The van der Waals surface area contributed by atoms with Gasteiger partial charge in [0.15, 0.2) is 5.78 Å². The lowest BCUT2D eigenvalue weighted by molar-refractivity contribution is 0.0962. The Morgan fingerprint density at radius 1 is 1.10 bits per heavy atom. The van der Waals surface area contributed by atoms with Gasteiger partial charge in [-0.3, -0.25) is 4.79 Å². The molecule has 8 heteroatoms. The largest absolute Gasteiger partial charge is 0.497 e. The molecule has 1 atom stereocenters. The lowest BCUT2D eigenvalue weighted by Gasteiger charge is -2.23. The Kier molecular flexibility index (Phi) is 5.38. The van der Waals surface area contributed by atoms with Crippen molar-refractivity contribution < 1.29 is 9.53 Å². The van der Waals surface area contributed by atoms with E-state index in [9.17, 15) is 4.79 Å². The number of aromatic nitrogens is 4.